The third-order valence-corrected chi connectivity index (χ3v) is 9.20. The molecule has 3 aromatic heterocycles. The van der Waals surface area contributed by atoms with E-state index in [2.05, 4.69) is 125 Å². The molecular formula is C43H27N3O2. The van der Waals surface area contributed by atoms with Crippen molar-refractivity contribution in [2.75, 3.05) is 4.90 Å². The molecule has 226 valence electrons. The number of nitrogens with zero attached hydrogens (tertiary/aromatic N) is 3. The highest BCUT2D eigenvalue weighted by Crippen LogP contribution is 2.42. The fraction of sp³-hybridized carbons (Fsp3) is 0. The number of oxazole rings is 1. The number of hydrogen-bond donors (Lipinski definition) is 0. The lowest BCUT2D eigenvalue weighted by atomic mass is 10.1. The van der Waals surface area contributed by atoms with Crippen LogP contribution in [0.2, 0.25) is 0 Å². The van der Waals surface area contributed by atoms with Crippen LogP contribution >= 0.6 is 0 Å². The van der Waals surface area contributed by atoms with Gasteiger partial charge in [0.2, 0.25) is 5.89 Å². The normalized spacial score (nSPS) is 11.8. The van der Waals surface area contributed by atoms with Crippen LogP contribution in [0.25, 0.3) is 72.0 Å². The Labute approximate surface area is 275 Å². The summed E-state index contributed by atoms with van der Waals surface area (Å²) in [5.74, 6) is 0.600. The molecule has 0 bridgehead atoms. The lowest BCUT2D eigenvalue weighted by Gasteiger charge is -2.25. The topological polar surface area (TPSA) is 47.3 Å². The van der Waals surface area contributed by atoms with Gasteiger partial charge in [-0.05, 0) is 78.9 Å². The van der Waals surface area contributed by atoms with Crippen LogP contribution in [0.1, 0.15) is 0 Å². The quantitative estimate of drug-likeness (QED) is 0.193. The summed E-state index contributed by atoms with van der Waals surface area (Å²) >= 11 is 0. The molecule has 0 aliphatic heterocycles. The second-order valence-corrected chi connectivity index (χ2v) is 12.0. The van der Waals surface area contributed by atoms with Crippen LogP contribution < -0.4 is 4.90 Å². The van der Waals surface area contributed by atoms with Crippen molar-refractivity contribution in [3.63, 3.8) is 0 Å². The first-order valence-electron chi connectivity index (χ1n) is 16.1. The predicted molar refractivity (Wildman–Crippen MR) is 196 cm³/mol. The van der Waals surface area contributed by atoms with Gasteiger partial charge in [0.1, 0.15) is 16.7 Å². The number of rotatable bonds is 5. The van der Waals surface area contributed by atoms with E-state index in [9.17, 15) is 0 Å². The van der Waals surface area contributed by atoms with Crippen molar-refractivity contribution in [2.24, 2.45) is 0 Å². The Bertz CT molecular complexity index is 2780. The predicted octanol–water partition coefficient (Wildman–Crippen LogP) is 12.0. The molecule has 5 heteroatoms. The number of hydrogen-bond acceptors (Lipinski definition) is 4. The maximum absolute atomic E-state index is 6.51. The Morgan fingerprint density at radius 3 is 1.96 bits per heavy atom. The fourth-order valence-corrected chi connectivity index (χ4v) is 7.06. The summed E-state index contributed by atoms with van der Waals surface area (Å²) < 4.78 is 15.2. The Hall–Kier alpha value is -6.59. The van der Waals surface area contributed by atoms with Crippen LogP contribution in [0.5, 0.6) is 0 Å². The van der Waals surface area contributed by atoms with E-state index in [1.165, 1.54) is 16.3 Å². The van der Waals surface area contributed by atoms with Gasteiger partial charge in [-0.25, -0.2) is 4.98 Å². The Balaban J connectivity index is 1.17. The smallest absolute Gasteiger partial charge is 0.227 e. The largest absolute Gasteiger partial charge is 0.456 e. The van der Waals surface area contributed by atoms with E-state index < -0.39 is 0 Å². The van der Waals surface area contributed by atoms with Crippen LogP contribution in [0, 0.1) is 0 Å². The van der Waals surface area contributed by atoms with Gasteiger partial charge in [0.15, 0.2) is 5.58 Å². The van der Waals surface area contributed by atoms with Gasteiger partial charge >= 0.3 is 0 Å². The van der Waals surface area contributed by atoms with Crippen molar-refractivity contribution in [3.8, 4) is 17.1 Å². The van der Waals surface area contributed by atoms with Gasteiger partial charge in [0, 0.05) is 50.5 Å². The molecule has 3 heterocycles. The molecule has 7 aromatic carbocycles. The second kappa shape index (κ2) is 10.5. The maximum Gasteiger partial charge on any atom is 0.227 e. The third-order valence-electron chi connectivity index (χ3n) is 9.20. The van der Waals surface area contributed by atoms with E-state index in [1.54, 1.807) is 0 Å². The van der Waals surface area contributed by atoms with Crippen molar-refractivity contribution in [1.29, 1.82) is 0 Å². The Kier molecular flexibility index (Phi) is 5.81. The van der Waals surface area contributed by atoms with E-state index in [0.717, 1.165) is 66.9 Å². The first kappa shape index (κ1) is 26.6. The molecule has 0 amide bonds. The molecule has 0 aliphatic carbocycles. The Morgan fingerprint density at radius 2 is 1.15 bits per heavy atom. The summed E-state index contributed by atoms with van der Waals surface area (Å²) in [7, 11) is 0. The molecule has 0 saturated carbocycles. The van der Waals surface area contributed by atoms with Gasteiger partial charge in [-0.15, -0.1) is 0 Å². The molecular weight excluding hydrogens is 590 g/mol. The van der Waals surface area contributed by atoms with Crippen molar-refractivity contribution in [3.05, 3.63) is 164 Å². The molecule has 10 rings (SSSR count). The van der Waals surface area contributed by atoms with Crippen LogP contribution in [0.3, 0.4) is 0 Å². The first-order valence-corrected chi connectivity index (χ1v) is 16.1. The van der Waals surface area contributed by atoms with Gasteiger partial charge < -0.3 is 18.3 Å². The van der Waals surface area contributed by atoms with Gasteiger partial charge in [0.05, 0.1) is 16.4 Å². The second-order valence-electron chi connectivity index (χ2n) is 12.0. The third kappa shape index (κ3) is 4.08. The van der Waals surface area contributed by atoms with Gasteiger partial charge in [-0.2, -0.15) is 0 Å². The van der Waals surface area contributed by atoms with Crippen molar-refractivity contribution in [2.45, 2.75) is 0 Å². The summed E-state index contributed by atoms with van der Waals surface area (Å²) in [4.78, 5) is 7.08. The summed E-state index contributed by atoms with van der Waals surface area (Å²) in [6.45, 7) is 0. The van der Waals surface area contributed by atoms with Crippen LogP contribution in [0.15, 0.2) is 173 Å². The minimum atomic E-state index is 0.600. The molecule has 5 nitrogen and oxygen atoms in total. The SMILES string of the molecule is c1ccc(-c2nc3ccc4oc5cc(N(c6ccccc6)c6ccc7c8ccccc8n(-c8ccccc8)c7c6)ccc5c4c3o2)cc1. The highest BCUT2D eigenvalue weighted by Gasteiger charge is 2.20. The average molecular weight is 618 g/mol. The zero-order chi connectivity index (χ0) is 31.6. The van der Waals surface area contributed by atoms with E-state index in [-0.39, 0.29) is 0 Å². The van der Waals surface area contributed by atoms with Crippen LogP contribution in [0.4, 0.5) is 17.1 Å². The summed E-state index contributed by atoms with van der Waals surface area (Å²) in [6, 6.07) is 56.8. The van der Waals surface area contributed by atoms with Crippen molar-refractivity contribution < 1.29 is 8.83 Å². The molecule has 0 aliphatic rings. The molecule has 48 heavy (non-hydrogen) atoms. The number of benzene rings is 7. The van der Waals surface area contributed by atoms with Crippen molar-refractivity contribution >= 4 is 71.9 Å². The molecule has 0 fully saturated rings. The minimum Gasteiger partial charge on any atom is -0.456 e. The maximum atomic E-state index is 6.51. The van der Waals surface area contributed by atoms with Crippen LogP contribution in [-0.4, -0.2) is 9.55 Å². The van der Waals surface area contributed by atoms with Gasteiger partial charge in [-0.3, -0.25) is 0 Å². The zero-order valence-corrected chi connectivity index (χ0v) is 25.7. The number of furan rings is 1. The van der Waals surface area contributed by atoms with E-state index in [4.69, 9.17) is 13.8 Å². The number of anilines is 3. The summed E-state index contributed by atoms with van der Waals surface area (Å²) in [5.41, 5.74) is 10.6. The zero-order valence-electron chi connectivity index (χ0n) is 25.7. The number of aromatic nitrogens is 2. The van der Waals surface area contributed by atoms with E-state index >= 15 is 0 Å². The Morgan fingerprint density at radius 1 is 0.479 bits per heavy atom. The highest BCUT2D eigenvalue weighted by molar-refractivity contribution is 6.17. The highest BCUT2D eigenvalue weighted by atomic mass is 16.4. The summed E-state index contributed by atoms with van der Waals surface area (Å²) in [6.07, 6.45) is 0. The number of para-hydroxylation sites is 3. The molecule has 0 radical (unpaired) electrons. The van der Waals surface area contributed by atoms with E-state index in [0.29, 0.717) is 5.89 Å². The average Bonchev–Trinajstić information content (AvgIpc) is 3.84. The first-order chi connectivity index (χ1) is 23.8. The lowest BCUT2D eigenvalue weighted by molar-refractivity contribution is 0.622. The monoisotopic (exact) mass is 617 g/mol. The summed E-state index contributed by atoms with van der Waals surface area (Å²) in [5, 5.41) is 4.36. The molecule has 0 N–H and O–H groups in total. The standard InChI is InChI=1S/C43H27N3O2/c1-4-12-28(13-5-1)43-44-36-24-25-39-41(42(36)48-43)35-23-21-32(27-40(35)47-39)45(29-14-6-2-7-15-29)31-20-22-34-33-18-10-11-19-37(33)46(38(34)26-31)30-16-8-3-9-17-30/h1-27H. The molecule has 0 spiro atoms. The van der Waals surface area contributed by atoms with Gasteiger partial charge in [-0.1, -0.05) is 78.9 Å². The fourth-order valence-electron chi connectivity index (χ4n) is 7.06. The molecule has 10 aromatic rings. The van der Waals surface area contributed by atoms with Crippen LogP contribution in [-0.2, 0) is 0 Å². The number of fused-ring (bicyclic) bond motifs is 8. The van der Waals surface area contributed by atoms with Crippen molar-refractivity contribution in [1.82, 2.24) is 9.55 Å². The molecule has 0 unspecified atom stereocenters. The minimum absolute atomic E-state index is 0.600. The van der Waals surface area contributed by atoms with E-state index in [1.807, 2.05) is 48.5 Å². The lowest BCUT2D eigenvalue weighted by Crippen LogP contribution is -2.09. The molecule has 0 atom stereocenters. The van der Waals surface area contributed by atoms with Gasteiger partial charge in [0.25, 0.3) is 0 Å². The molecule has 0 saturated heterocycles.